The third-order valence-corrected chi connectivity index (χ3v) is 9.13. The molecule has 0 unspecified atom stereocenters. The molecule has 2 fully saturated rings. The van der Waals surface area contributed by atoms with E-state index in [2.05, 4.69) is 0 Å². The van der Waals surface area contributed by atoms with E-state index in [0.717, 1.165) is 15.5 Å². The second-order valence-electron chi connectivity index (χ2n) is 10.9. The average Bonchev–Trinajstić information content (AvgIpc) is 3.61. The molecule has 1 saturated heterocycles. The van der Waals surface area contributed by atoms with Gasteiger partial charge in [0.2, 0.25) is 11.8 Å². The number of anilines is 1. The number of para-hydroxylation sites is 1. The summed E-state index contributed by atoms with van der Waals surface area (Å²) in [6, 6.07) is 14.7. The van der Waals surface area contributed by atoms with Crippen molar-refractivity contribution >= 4 is 29.1 Å². The highest BCUT2D eigenvalue weighted by Gasteiger charge is 2.66. The highest BCUT2D eigenvalue weighted by molar-refractivity contribution is 6.31. The fourth-order valence-electron chi connectivity index (χ4n) is 6.88. The van der Waals surface area contributed by atoms with E-state index >= 15 is 0 Å². The van der Waals surface area contributed by atoms with Crippen LogP contribution >= 0.6 is 11.6 Å². The summed E-state index contributed by atoms with van der Waals surface area (Å²) in [4.78, 5) is 56.7. The number of fused-ring (bicyclic) bond motifs is 4. The first-order chi connectivity index (χ1) is 20.2. The number of hydrogen-bond donors (Lipinski definition) is 1. The number of furan rings is 1. The van der Waals surface area contributed by atoms with Crippen LogP contribution in [0.2, 0.25) is 5.02 Å². The van der Waals surface area contributed by atoms with E-state index in [0.29, 0.717) is 17.0 Å². The van der Waals surface area contributed by atoms with Crippen molar-refractivity contribution < 1.29 is 23.5 Å². The number of rotatable bonds is 4. The van der Waals surface area contributed by atoms with Crippen LogP contribution in [0.25, 0.3) is 5.69 Å². The van der Waals surface area contributed by atoms with Crippen molar-refractivity contribution in [1.29, 1.82) is 0 Å². The van der Waals surface area contributed by atoms with Crippen molar-refractivity contribution in [3.05, 3.63) is 116 Å². The summed E-state index contributed by atoms with van der Waals surface area (Å²) in [5, 5.41) is 9.47. The molecule has 1 N–H and O–H groups in total. The van der Waals surface area contributed by atoms with Gasteiger partial charge in [-0.05, 0) is 61.4 Å². The lowest BCUT2D eigenvalue weighted by molar-refractivity contribution is -0.129. The third kappa shape index (κ3) is 3.47. The lowest BCUT2D eigenvalue weighted by Gasteiger charge is -2.45. The highest BCUT2D eigenvalue weighted by Crippen LogP contribution is 2.61. The number of allylic oxidation sites excluding steroid dienone is 2. The SMILES string of the molecule is C[C@@]12C(=O)N(c3ccc(F)c(Cl)c3)C(=O)[C@@H]1C[C@@H]1C(=CCn3c(=O)n(-c4ccccc4)c(=O)n31)[C@@H]2c1ccc(CO)o1. The zero-order chi connectivity index (χ0) is 29.5. The van der Waals surface area contributed by atoms with E-state index in [1.807, 2.05) is 6.08 Å². The quantitative estimate of drug-likeness (QED) is 0.287. The van der Waals surface area contributed by atoms with Crippen LogP contribution in [0.5, 0.6) is 0 Å². The average molecular weight is 591 g/mol. The van der Waals surface area contributed by atoms with Gasteiger partial charge in [-0.25, -0.2) is 32.8 Å². The van der Waals surface area contributed by atoms with Crippen molar-refractivity contribution in [2.45, 2.75) is 38.5 Å². The predicted molar refractivity (Wildman–Crippen MR) is 149 cm³/mol. The summed E-state index contributed by atoms with van der Waals surface area (Å²) in [6.45, 7) is 1.37. The van der Waals surface area contributed by atoms with Gasteiger partial charge in [0.25, 0.3) is 0 Å². The van der Waals surface area contributed by atoms with E-state index in [1.165, 1.54) is 21.5 Å². The Bertz CT molecular complexity index is 1940. The van der Waals surface area contributed by atoms with E-state index < -0.39 is 52.3 Å². The summed E-state index contributed by atoms with van der Waals surface area (Å²) >= 11 is 6.01. The van der Waals surface area contributed by atoms with Gasteiger partial charge in [-0.3, -0.25) is 9.59 Å². The second-order valence-corrected chi connectivity index (χ2v) is 11.3. The van der Waals surface area contributed by atoms with Gasteiger partial charge in [-0.15, -0.1) is 0 Å². The number of aliphatic hydroxyl groups excluding tert-OH is 1. The molecule has 0 radical (unpaired) electrons. The monoisotopic (exact) mass is 590 g/mol. The van der Waals surface area contributed by atoms with Crippen molar-refractivity contribution in [1.82, 2.24) is 13.9 Å². The van der Waals surface area contributed by atoms with Crippen LogP contribution in [0.4, 0.5) is 10.1 Å². The number of carbonyl (C=O) groups excluding carboxylic acids is 2. The van der Waals surface area contributed by atoms with Crippen LogP contribution in [0, 0.1) is 17.2 Å². The van der Waals surface area contributed by atoms with Crippen LogP contribution in [-0.2, 0) is 22.7 Å². The maximum Gasteiger partial charge on any atom is 0.352 e. The van der Waals surface area contributed by atoms with Crippen LogP contribution in [-0.4, -0.2) is 30.9 Å². The maximum atomic E-state index is 14.3. The van der Waals surface area contributed by atoms with Gasteiger partial charge in [0.15, 0.2) is 0 Å². The molecule has 2 amide bonds. The fourth-order valence-corrected chi connectivity index (χ4v) is 7.06. The first-order valence-electron chi connectivity index (χ1n) is 13.4. The molecule has 214 valence electrons. The summed E-state index contributed by atoms with van der Waals surface area (Å²) in [5.74, 6) is -2.88. The molecule has 12 heteroatoms. The molecule has 4 atom stereocenters. The smallest absolute Gasteiger partial charge is 0.352 e. The van der Waals surface area contributed by atoms with E-state index in [4.69, 9.17) is 16.0 Å². The van der Waals surface area contributed by atoms with E-state index in [-0.39, 0.29) is 36.0 Å². The Balaban J connectivity index is 1.42. The number of hydrogen-bond acceptors (Lipinski definition) is 6. The van der Waals surface area contributed by atoms with Gasteiger partial charge >= 0.3 is 11.4 Å². The first-order valence-corrected chi connectivity index (χ1v) is 13.8. The fraction of sp³-hybridized carbons (Fsp3) is 0.267. The normalized spacial score (nSPS) is 24.8. The molecule has 3 aliphatic rings. The number of carbonyl (C=O) groups is 2. The molecule has 2 aromatic heterocycles. The minimum atomic E-state index is -1.36. The molecule has 1 aliphatic carbocycles. The topological polar surface area (TPSA) is 120 Å². The molecule has 1 saturated carbocycles. The first kappa shape index (κ1) is 26.4. The van der Waals surface area contributed by atoms with Crippen molar-refractivity contribution in [2.24, 2.45) is 11.3 Å². The maximum absolute atomic E-state index is 14.3. The molecule has 0 bridgehead atoms. The van der Waals surface area contributed by atoms with Gasteiger partial charge in [0.05, 0.1) is 46.2 Å². The summed E-state index contributed by atoms with van der Waals surface area (Å²) in [6.07, 6.45) is 1.86. The van der Waals surface area contributed by atoms with Crippen molar-refractivity contribution in [2.75, 3.05) is 4.90 Å². The minimum absolute atomic E-state index is 0.0561. The summed E-state index contributed by atoms with van der Waals surface area (Å²) in [7, 11) is 0. The predicted octanol–water partition coefficient (Wildman–Crippen LogP) is 3.54. The molecule has 42 heavy (non-hydrogen) atoms. The number of aliphatic hydroxyl groups is 1. The van der Waals surface area contributed by atoms with Gasteiger partial charge in [-0.2, -0.15) is 0 Å². The van der Waals surface area contributed by atoms with Gasteiger partial charge in [0.1, 0.15) is 23.9 Å². The zero-order valence-electron chi connectivity index (χ0n) is 22.2. The van der Waals surface area contributed by atoms with Crippen LogP contribution in [0.15, 0.2) is 86.3 Å². The molecule has 10 nitrogen and oxygen atoms in total. The minimum Gasteiger partial charge on any atom is -0.463 e. The number of imide groups is 1. The standard InChI is InChI=1S/C30H24ClFN4O6/c1-30-20(26(38)34(27(30)39)17-7-9-22(32)21(31)13-17)14-23-19(25(30)24-10-8-18(15-37)42-24)11-12-33-28(40)35(29(41)36(23)33)16-5-3-2-4-6-16/h2-11,13,20,23,25,37H,12,14-15H2,1H3/t20-,23+,25+,30+/m0/s1. The number of amides is 2. The molecule has 0 spiro atoms. The van der Waals surface area contributed by atoms with E-state index in [9.17, 15) is 28.7 Å². The largest absolute Gasteiger partial charge is 0.463 e. The molecule has 2 aromatic carbocycles. The summed E-state index contributed by atoms with van der Waals surface area (Å²) in [5.41, 5.74) is -1.27. The van der Waals surface area contributed by atoms with Crippen molar-refractivity contribution in [3.63, 3.8) is 0 Å². The molecule has 7 rings (SSSR count). The number of halogens is 2. The number of benzene rings is 2. The third-order valence-electron chi connectivity index (χ3n) is 8.84. The Morgan fingerprint density at radius 3 is 2.48 bits per heavy atom. The zero-order valence-corrected chi connectivity index (χ0v) is 23.0. The highest BCUT2D eigenvalue weighted by atomic mass is 35.5. The Morgan fingerprint density at radius 1 is 1.02 bits per heavy atom. The number of aromatic nitrogens is 3. The van der Waals surface area contributed by atoms with Crippen LogP contribution < -0.4 is 16.3 Å². The van der Waals surface area contributed by atoms with E-state index in [1.54, 1.807) is 49.4 Å². The lowest BCUT2D eigenvalue weighted by atomic mass is 9.58. The Hall–Kier alpha value is -4.48. The molecule has 4 heterocycles. The van der Waals surface area contributed by atoms with Gasteiger partial charge in [0, 0.05) is 0 Å². The molecule has 4 aromatic rings. The Kier molecular flexibility index (Phi) is 5.83. The lowest BCUT2D eigenvalue weighted by Crippen LogP contribution is -2.49. The van der Waals surface area contributed by atoms with Crippen LogP contribution in [0.3, 0.4) is 0 Å². The summed E-state index contributed by atoms with van der Waals surface area (Å²) < 4.78 is 23.7. The van der Waals surface area contributed by atoms with Crippen molar-refractivity contribution in [3.8, 4) is 5.69 Å². The number of nitrogens with zero attached hydrogens (tertiary/aromatic N) is 4. The Morgan fingerprint density at radius 2 is 1.79 bits per heavy atom. The molecular formula is C30H24ClFN4O6. The van der Waals surface area contributed by atoms with Gasteiger partial charge < -0.3 is 9.52 Å². The molecular weight excluding hydrogens is 567 g/mol. The Labute approximate surface area is 242 Å². The van der Waals surface area contributed by atoms with Crippen LogP contribution in [0.1, 0.15) is 36.8 Å². The molecule has 2 aliphatic heterocycles. The van der Waals surface area contributed by atoms with Gasteiger partial charge in [-0.1, -0.05) is 35.9 Å². The second kappa shape index (κ2) is 9.27.